The van der Waals surface area contributed by atoms with Gasteiger partial charge in [-0.3, -0.25) is 9.52 Å². The van der Waals surface area contributed by atoms with Gasteiger partial charge in [-0.2, -0.15) is 0 Å². The van der Waals surface area contributed by atoms with E-state index >= 15 is 0 Å². The van der Waals surface area contributed by atoms with Crippen LogP contribution >= 0.6 is 0 Å². The fraction of sp³-hybridized carbons (Fsp3) is 0.190. The number of carboxylic acid groups (broad SMARTS) is 1. The van der Waals surface area contributed by atoms with E-state index in [-0.39, 0.29) is 11.3 Å². The first-order chi connectivity index (χ1) is 13.7. The molecule has 0 unspecified atom stereocenters. The van der Waals surface area contributed by atoms with Gasteiger partial charge in [-0.05, 0) is 36.2 Å². The maximum absolute atomic E-state index is 13.0. The quantitative estimate of drug-likeness (QED) is 0.549. The largest absolute Gasteiger partial charge is 0.480 e. The summed E-state index contributed by atoms with van der Waals surface area (Å²) in [6.07, 6.45) is 0.166. The summed E-state index contributed by atoms with van der Waals surface area (Å²) < 4.78 is 28.6. The molecule has 0 aliphatic carbocycles. The molecule has 0 fully saturated rings. The van der Waals surface area contributed by atoms with Gasteiger partial charge in [0.15, 0.2) is 0 Å². The van der Waals surface area contributed by atoms with Gasteiger partial charge in [0.25, 0.3) is 10.0 Å². The lowest BCUT2D eigenvalue weighted by Crippen LogP contribution is -2.32. The van der Waals surface area contributed by atoms with Crippen LogP contribution in [0.25, 0.3) is 10.8 Å². The summed E-state index contributed by atoms with van der Waals surface area (Å²) in [6, 6.07) is 16.3. The van der Waals surface area contributed by atoms with E-state index in [1.807, 2.05) is 37.2 Å². The summed E-state index contributed by atoms with van der Waals surface area (Å²) in [5.74, 6) is -1.08. The van der Waals surface area contributed by atoms with Crippen molar-refractivity contribution in [3.63, 3.8) is 0 Å². The molecular formula is C21H23N3O4S. The van der Waals surface area contributed by atoms with E-state index in [0.29, 0.717) is 16.6 Å². The number of sulfonamides is 1. The van der Waals surface area contributed by atoms with Crippen LogP contribution < -0.4 is 15.4 Å². The molecule has 0 spiro atoms. The predicted octanol–water partition coefficient (Wildman–Crippen LogP) is 2.66. The van der Waals surface area contributed by atoms with Gasteiger partial charge in [0.2, 0.25) is 0 Å². The SMILES string of the molecule is CN(C)c1cccc2c(S(=O)(=O)Nc3ccc(C[C@H](N)C(=O)O)cc3)cccc12. The van der Waals surface area contributed by atoms with Crippen LogP contribution in [0.3, 0.4) is 0 Å². The Labute approximate surface area is 169 Å². The highest BCUT2D eigenvalue weighted by Crippen LogP contribution is 2.31. The van der Waals surface area contributed by atoms with Crippen molar-refractivity contribution in [3.05, 3.63) is 66.2 Å². The Kier molecular flexibility index (Phi) is 5.76. The fourth-order valence-electron chi connectivity index (χ4n) is 3.15. The molecule has 0 aliphatic rings. The number of nitrogens with two attached hydrogens (primary N) is 1. The number of rotatable bonds is 7. The molecule has 1 atom stereocenters. The van der Waals surface area contributed by atoms with Crippen LogP contribution in [0.5, 0.6) is 0 Å². The van der Waals surface area contributed by atoms with Gasteiger partial charge in [-0.1, -0.05) is 36.4 Å². The number of hydrogen-bond donors (Lipinski definition) is 3. The number of benzene rings is 3. The van der Waals surface area contributed by atoms with Crippen LogP contribution in [0.1, 0.15) is 5.56 Å². The lowest BCUT2D eigenvalue weighted by Gasteiger charge is -2.17. The maximum atomic E-state index is 13.0. The molecule has 7 nitrogen and oxygen atoms in total. The zero-order valence-corrected chi connectivity index (χ0v) is 17.0. The van der Waals surface area contributed by atoms with Crippen molar-refractivity contribution in [2.24, 2.45) is 5.73 Å². The average molecular weight is 413 g/mol. The Balaban J connectivity index is 1.90. The molecule has 3 aromatic rings. The van der Waals surface area contributed by atoms with Crippen molar-refractivity contribution < 1.29 is 18.3 Å². The van der Waals surface area contributed by atoms with Crippen molar-refractivity contribution in [1.82, 2.24) is 0 Å². The normalized spacial score (nSPS) is 12.5. The number of carboxylic acids is 1. The third kappa shape index (κ3) is 4.49. The van der Waals surface area contributed by atoms with Gasteiger partial charge in [0.1, 0.15) is 6.04 Å². The highest BCUT2D eigenvalue weighted by atomic mass is 32.2. The van der Waals surface area contributed by atoms with Crippen LogP contribution in [-0.2, 0) is 21.2 Å². The topological polar surface area (TPSA) is 113 Å². The minimum Gasteiger partial charge on any atom is -0.480 e. The molecule has 29 heavy (non-hydrogen) atoms. The highest BCUT2D eigenvalue weighted by molar-refractivity contribution is 7.93. The van der Waals surface area contributed by atoms with Crippen molar-refractivity contribution in [2.75, 3.05) is 23.7 Å². The number of hydrogen-bond acceptors (Lipinski definition) is 5. The van der Waals surface area contributed by atoms with Crippen molar-refractivity contribution in [3.8, 4) is 0 Å². The lowest BCUT2D eigenvalue weighted by atomic mass is 10.1. The molecule has 0 bridgehead atoms. The summed E-state index contributed by atoms with van der Waals surface area (Å²) in [5.41, 5.74) is 7.56. The van der Waals surface area contributed by atoms with Gasteiger partial charge in [0.05, 0.1) is 4.90 Å². The molecule has 3 rings (SSSR count). The van der Waals surface area contributed by atoms with E-state index in [4.69, 9.17) is 10.8 Å². The van der Waals surface area contributed by atoms with Gasteiger partial charge in [-0.25, -0.2) is 8.42 Å². The number of anilines is 2. The molecule has 0 aromatic heterocycles. The van der Waals surface area contributed by atoms with Crippen LogP contribution in [0.2, 0.25) is 0 Å². The number of nitrogens with one attached hydrogen (secondary N) is 1. The molecule has 0 aliphatic heterocycles. The van der Waals surface area contributed by atoms with E-state index in [1.54, 1.807) is 42.5 Å². The minimum absolute atomic E-state index is 0.166. The third-order valence-electron chi connectivity index (χ3n) is 4.61. The van der Waals surface area contributed by atoms with Gasteiger partial charge < -0.3 is 15.7 Å². The first-order valence-corrected chi connectivity index (χ1v) is 10.5. The molecule has 152 valence electrons. The number of carbonyl (C=O) groups is 1. The summed E-state index contributed by atoms with van der Waals surface area (Å²) in [6.45, 7) is 0. The summed E-state index contributed by atoms with van der Waals surface area (Å²) >= 11 is 0. The van der Waals surface area contributed by atoms with Crippen LogP contribution in [0.4, 0.5) is 11.4 Å². The zero-order valence-electron chi connectivity index (χ0n) is 16.2. The average Bonchev–Trinajstić information content (AvgIpc) is 2.68. The van der Waals surface area contributed by atoms with E-state index in [1.165, 1.54) is 0 Å². The van der Waals surface area contributed by atoms with Crippen LogP contribution in [-0.4, -0.2) is 39.6 Å². The Bertz CT molecular complexity index is 1140. The van der Waals surface area contributed by atoms with E-state index in [9.17, 15) is 13.2 Å². The Morgan fingerprint density at radius 1 is 1.03 bits per heavy atom. The molecule has 0 radical (unpaired) electrons. The first kappa shape index (κ1) is 20.6. The highest BCUT2D eigenvalue weighted by Gasteiger charge is 2.19. The van der Waals surface area contributed by atoms with E-state index < -0.39 is 22.0 Å². The Morgan fingerprint density at radius 2 is 1.66 bits per heavy atom. The number of aliphatic carboxylic acids is 1. The van der Waals surface area contributed by atoms with Crippen LogP contribution in [0.15, 0.2) is 65.6 Å². The standard InChI is InChI=1S/C21H23N3O4S/c1-24(2)19-7-3-6-17-16(19)5-4-8-20(17)29(27,28)23-15-11-9-14(10-12-15)13-18(22)21(25)26/h3-12,18,23H,13,22H2,1-2H3,(H,25,26)/t18-/m0/s1. The molecule has 3 aromatic carbocycles. The van der Waals surface area contributed by atoms with E-state index in [0.717, 1.165) is 11.1 Å². The molecular weight excluding hydrogens is 390 g/mol. The number of fused-ring (bicyclic) bond motifs is 1. The molecule has 0 saturated heterocycles. The monoisotopic (exact) mass is 413 g/mol. The lowest BCUT2D eigenvalue weighted by molar-refractivity contribution is -0.138. The van der Waals surface area contributed by atoms with Crippen molar-refractivity contribution in [1.29, 1.82) is 0 Å². The first-order valence-electron chi connectivity index (χ1n) is 8.98. The van der Waals surface area contributed by atoms with Crippen LogP contribution in [0, 0.1) is 0 Å². The molecule has 4 N–H and O–H groups in total. The Morgan fingerprint density at radius 3 is 2.28 bits per heavy atom. The molecule has 0 heterocycles. The van der Waals surface area contributed by atoms with Crippen molar-refractivity contribution in [2.45, 2.75) is 17.4 Å². The second-order valence-corrected chi connectivity index (χ2v) is 8.62. The smallest absolute Gasteiger partial charge is 0.320 e. The van der Waals surface area contributed by atoms with Gasteiger partial charge in [0, 0.05) is 36.2 Å². The molecule has 0 amide bonds. The minimum atomic E-state index is -3.82. The fourth-order valence-corrected chi connectivity index (χ4v) is 4.43. The second-order valence-electron chi connectivity index (χ2n) is 6.97. The summed E-state index contributed by atoms with van der Waals surface area (Å²) in [7, 11) is -0.00158. The molecule has 8 heteroatoms. The maximum Gasteiger partial charge on any atom is 0.320 e. The van der Waals surface area contributed by atoms with Gasteiger partial charge in [-0.15, -0.1) is 0 Å². The van der Waals surface area contributed by atoms with Crippen molar-refractivity contribution >= 4 is 38.1 Å². The number of nitrogens with zero attached hydrogens (tertiary/aromatic N) is 1. The second kappa shape index (κ2) is 8.10. The van der Waals surface area contributed by atoms with Gasteiger partial charge >= 0.3 is 5.97 Å². The summed E-state index contributed by atoms with van der Waals surface area (Å²) in [4.78, 5) is 13.0. The summed E-state index contributed by atoms with van der Waals surface area (Å²) in [5, 5.41) is 10.4. The Hall–Kier alpha value is -3.10. The van der Waals surface area contributed by atoms with E-state index in [2.05, 4.69) is 4.72 Å². The third-order valence-corrected chi connectivity index (χ3v) is 6.05. The predicted molar refractivity (Wildman–Crippen MR) is 115 cm³/mol. The molecule has 0 saturated carbocycles. The zero-order chi connectivity index (χ0) is 21.2.